The molecule has 0 radical (unpaired) electrons. The van der Waals surface area contributed by atoms with Gasteiger partial charge in [0.25, 0.3) is 0 Å². The van der Waals surface area contributed by atoms with E-state index in [0.29, 0.717) is 5.56 Å². The SMILES string of the molecule is CCn1c(-c2cc3c(s2)CCC3)nc2cc(C#N)ccc21. The van der Waals surface area contributed by atoms with Crippen LogP contribution in [-0.4, -0.2) is 9.55 Å². The second-order valence-corrected chi connectivity index (χ2v) is 6.54. The van der Waals surface area contributed by atoms with Gasteiger partial charge in [-0.15, -0.1) is 11.3 Å². The first-order chi connectivity index (χ1) is 10.3. The number of hydrogen-bond acceptors (Lipinski definition) is 3. The Balaban J connectivity index is 1.92. The predicted molar refractivity (Wildman–Crippen MR) is 85.5 cm³/mol. The van der Waals surface area contributed by atoms with Crippen LogP contribution in [0.4, 0.5) is 0 Å². The third kappa shape index (κ3) is 1.89. The van der Waals surface area contributed by atoms with E-state index >= 15 is 0 Å². The van der Waals surface area contributed by atoms with E-state index in [4.69, 9.17) is 10.2 Å². The number of thiophene rings is 1. The zero-order valence-corrected chi connectivity index (χ0v) is 12.7. The number of nitriles is 1. The monoisotopic (exact) mass is 293 g/mol. The second-order valence-electron chi connectivity index (χ2n) is 5.41. The number of imidazole rings is 1. The Hall–Kier alpha value is -2.12. The average molecular weight is 293 g/mol. The van der Waals surface area contributed by atoms with Crippen LogP contribution < -0.4 is 0 Å². The summed E-state index contributed by atoms with van der Waals surface area (Å²) < 4.78 is 2.25. The van der Waals surface area contributed by atoms with Crippen LogP contribution in [0.3, 0.4) is 0 Å². The number of benzene rings is 1. The maximum atomic E-state index is 9.04. The van der Waals surface area contributed by atoms with Gasteiger partial charge in [-0.25, -0.2) is 4.98 Å². The summed E-state index contributed by atoms with van der Waals surface area (Å²) in [6.45, 7) is 3.03. The third-order valence-electron chi connectivity index (χ3n) is 4.16. The van der Waals surface area contributed by atoms with Crippen molar-refractivity contribution in [3.63, 3.8) is 0 Å². The topological polar surface area (TPSA) is 41.6 Å². The fraction of sp³-hybridized carbons (Fsp3) is 0.294. The average Bonchev–Trinajstić information content (AvgIpc) is 3.17. The van der Waals surface area contributed by atoms with Gasteiger partial charge in [0.15, 0.2) is 5.82 Å². The number of hydrogen-bond donors (Lipinski definition) is 0. The molecule has 0 fully saturated rings. The molecule has 0 aliphatic heterocycles. The van der Waals surface area contributed by atoms with Crippen molar-refractivity contribution >= 4 is 22.4 Å². The maximum Gasteiger partial charge on any atom is 0.151 e. The number of aryl methyl sites for hydroxylation is 3. The molecular formula is C17H15N3S. The standard InChI is InChI=1S/C17H15N3S/c1-2-20-14-7-6-11(10-18)8-13(14)19-17(20)16-9-12-4-3-5-15(12)21-16/h6-9H,2-5H2,1H3. The van der Waals surface area contributed by atoms with Crippen molar-refractivity contribution in [2.75, 3.05) is 0 Å². The molecule has 0 saturated carbocycles. The fourth-order valence-corrected chi connectivity index (χ4v) is 4.40. The Bertz CT molecular complexity index is 858. The van der Waals surface area contributed by atoms with Gasteiger partial charge in [0.05, 0.1) is 27.5 Å². The first-order valence-electron chi connectivity index (χ1n) is 7.32. The molecule has 0 amide bonds. The summed E-state index contributed by atoms with van der Waals surface area (Å²) in [5.74, 6) is 1.04. The van der Waals surface area contributed by atoms with Gasteiger partial charge in [-0.1, -0.05) is 0 Å². The fourth-order valence-electron chi connectivity index (χ4n) is 3.15. The lowest BCUT2D eigenvalue weighted by Crippen LogP contribution is -1.96. The highest BCUT2D eigenvalue weighted by Gasteiger charge is 2.19. The highest BCUT2D eigenvalue weighted by molar-refractivity contribution is 7.15. The summed E-state index contributed by atoms with van der Waals surface area (Å²) >= 11 is 1.88. The predicted octanol–water partition coefficient (Wildman–Crippen LogP) is 4.15. The highest BCUT2D eigenvalue weighted by atomic mass is 32.1. The van der Waals surface area contributed by atoms with Gasteiger partial charge >= 0.3 is 0 Å². The van der Waals surface area contributed by atoms with Gasteiger partial charge in [0, 0.05) is 11.4 Å². The molecule has 0 unspecified atom stereocenters. The van der Waals surface area contributed by atoms with Crippen LogP contribution in [0, 0.1) is 11.3 Å². The van der Waals surface area contributed by atoms with Crippen LogP contribution in [-0.2, 0) is 19.4 Å². The number of fused-ring (bicyclic) bond motifs is 2. The lowest BCUT2D eigenvalue weighted by atomic mass is 10.2. The molecule has 3 aromatic rings. The number of rotatable bonds is 2. The van der Waals surface area contributed by atoms with Crippen LogP contribution in [0.5, 0.6) is 0 Å². The maximum absolute atomic E-state index is 9.04. The molecule has 1 aliphatic rings. The number of aromatic nitrogens is 2. The van der Waals surface area contributed by atoms with Gasteiger partial charge in [-0.05, 0) is 56.0 Å². The molecule has 4 rings (SSSR count). The zero-order valence-electron chi connectivity index (χ0n) is 11.9. The molecule has 0 saturated heterocycles. The van der Waals surface area contributed by atoms with E-state index in [1.54, 1.807) is 0 Å². The molecule has 2 aromatic heterocycles. The van der Waals surface area contributed by atoms with E-state index in [0.717, 1.165) is 23.4 Å². The lowest BCUT2D eigenvalue weighted by molar-refractivity contribution is 0.798. The van der Waals surface area contributed by atoms with Crippen molar-refractivity contribution in [1.82, 2.24) is 9.55 Å². The van der Waals surface area contributed by atoms with Gasteiger partial charge in [0.1, 0.15) is 0 Å². The van der Waals surface area contributed by atoms with Crippen molar-refractivity contribution in [3.8, 4) is 16.8 Å². The Kier molecular flexibility index (Phi) is 2.83. The summed E-state index contributed by atoms with van der Waals surface area (Å²) in [4.78, 5) is 7.58. The molecule has 4 heteroatoms. The van der Waals surface area contributed by atoms with Crippen molar-refractivity contribution in [1.29, 1.82) is 5.26 Å². The molecule has 2 heterocycles. The quantitative estimate of drug-likeness (QED) is 0.712. The van der Waals surface area contributed by atoms with E-state index in [9.17, 15) is 0 Å². The third-order valence-corrected chi connectivity index (χ3v) is 5.39. The van der Waals surface area contributed by atoms with E-state index in [-0.39, 0.29) is 0 Å². The van der Waals surface area contributed by atoms with Gasteiger partial charge < -0.3 is 4.57 Å². The summed E-state index contributed by atoms with van der Waals surface area (Å²) in [7, 11) is 0. The van der Waals surface area contributed by atoms with E-state index in [2.05, 4.69) is 23.6 Å². The van der Waals surface area contributed by atoms with Gasteiger partial charge in [-0.3, -0.25) is 0 Å². The first-order valence-corrected chi connectivity index (χ1v) is 8.14. The van der Waals surface area contributed by atoms with Crippen molar-refractivity contribution in [3.05, 3.63) is 40.3 Å². The molecule has 1 aliphatic carbocycles. The van der Waals surface area contributed by atoms with Crippen LogP contribution in [0.25, 0.3) is 21.7 Å². The molecular weight excluding hydrogens is 278 g/mol. The summed E-state index contributed by atoms with van der Waals surface area (Å²) in [6, 6.07) is 10.3. The minimum atomic E-state index is 0.670. The normalized spacial score (nSPS) is 13.5. The van der Waals surface area contributed by atoms with E-state index < -0.39 is 0 Å². The summed E-state index contributed by atoms with van der Waals surface area (Å²) in [5, 5.41) is 9.04. The van der Waals surface area contributed by atoms with Gasteiger partial charge in [0.2, 0.25) is 0 Å². The van der Waals surface area contributed by atoms with Gasteiger partial charge in [-0.2, -0.15) is 5.26 Å². The van der Waals surface area contributed by atoms with Crippen molar-refractivity contribution in [2.45, 2.75) is 32.7 Å². The Morgan fingerprint density at radius 2 is 2.24 bits per heavy atom. The first kappa shape index (κ1) is 12.6. The molecule has 0 spiro atoms. The van der Waals surface area contributed by atoms with Crippen molar-refractivity contribution < 1.29 is 0 Å². The molecule has 21 heavy (non-hydrogen) atoms. The van der Waals surface area contributed by atoms with Crippen molar-refractivity contribution in [2.24, 2.45) is 0 Å². The van der Waals surface area contributed by atoms with E-state index in [1.807, 2.05) is 29.5 Å². The second kappa shape index (κ2) is 4.71. The minimum absolute atomic E-state index is 0.670. The lowest BCUT2D eigenvalue weighted by Gasteiger charge is -2.04. The summed E-state index contributed by atoms with van der Waals surface area (Å²) in [5.41, 5.74) is 4.20. The van der Waals surface area contributed by atoms with Crippen LogP contribution in [0.1, 0.15) is 29.3 Å². The largest absolute Gasteiger partial charge is 0.324 e. The molecule has 0 atom stereocenters. The smallest absolute Gasteiger partial charge is 0.151 e. The molecule has 0 N–H and O–H groups in total. The van der Waals surface area contributed by atoms with Crippen LogP contribution >= 0.6 is 11.3 Å². The molecule has 104 valence electrons. The summed E-state index contributed by atoms with van der Waals surface area (Å²) in [6.07, 6.45) is 3.71. The molecule has 0 bridgehead atoms. The van der Waals surface area contributed by atoms with E-state index in [1.165, 1.54) is 34.6 Å². The zero-order chi connectivity index (χ0) is 14.4. The minimum Gasteiger partial charge on any atom is -0.324 e. The Morgan fingerprint density at radius 3 is 3.00 bits per heavy atom. The van der Waals surface area contributed by atoms with Crippen LogP contribution in [0.15, 0.2) is 24.3 Å². The Labute approximate surface area is 127 Å². The Morgan fingerprint density at radius 1 is 1.33 bits per heavy atom. The molecule has 1 aromatic carbocycles. The van der Waals surface area contributed by atoms with Crippen LogP contribution in [0.2, 0.25) is 0 Å². The number of nitrogens with zero attached hydrogens (tertiary/aromatic N) is 3. The highest BCUT2D eigenvalue weighted by Crippen LogP contribution is 2.37. The molecule has 3 nitrogen and oxygen atoms in total.